The summed E-state index contributed by atoms with van der Waals surface area (Å²) in [7, 11) is 4.19. The minimum absolute atomic E-state index is 0.0885. The van der Waals surface area contributed by atoms with E-state index in [1.165, 1.54) is 45.1 Å². The van der Waals surface area contributed by atoms with Gasteiger partial charge >= 0.3 is 0 Å². The molecule has 1 unspecified atom stereocenters. The van der Waals surface area contributed by atoms with Crippen LogP contribution in [-0.2, 0) is 4.79 Å². The quantitative estimate of drug-likeness (QED) is 0.820. The molecule has 0 radical (unpaired) electrons. The van der Waals surface area contributed by atoms with Crippen molar-refractivity contribution in [3.63, 3.8) is 0 Å². The van der Waals surface area contributed by atoms with Gasteiger partial charge in [0.05, 0.1) is 0 Å². The van der Waals surface area contributed by atoms with E-state index >= 15 is 0 Å². The third kappa shape index (κ3) is 4.69. The Labute approximate surface area is 136 Å². The van der Waals surface area contributed by atoms with E-state index in [1.54, 1.807) is 0 Å². The summed E-state index contributed by atoms with van der Waals surface area (Å²) in [5.41, 5.74) is 6.11. The molecule has 22 heavy (non-hydrogen) atoms. The van der Waals surface area contributed by atoms with Gasteiger partial charge in [-0.2, -0.15) is 0 Å². The van der Waals surface area contributed by atoms with Crippen molar-refractivity contribution < 1.29 is 4.79 Å². The van der Waals surface area contributed by atoms with Crippen molar-refractivity contribution in [2.24, 2.45) is 11.1 Å². The third-order valence-electron chi connectivity index (χ3n) is 6.02. The Morgan fingerprint density at radius 2 is 1.95 bits per heavy atom. The highest BCUT2D eigenvalue weighted by molar-refractivity contribution is 5.76. The molecule has 2 N–H and O–H groups in total. The molecule has 128 valence electrons. The average Bonchev–Trinajstić information content (AvgIpc) is 2.54. The van der Waals surface area contributed by atoms with E-state index in [1.807, 2.05) is 11.9 Å². The SMILES string of the molecule is CN(CCC1CCCCN1C)C(=O)CC1(CN)CCCCC1. The number of nitrogens with zero attached hydrogens (tertiary/aromatic N) is 2. The predicted molar refractivity (Wildman–Crippen MR) is 91.7 cm³/mol. The summed E-state index contributed by atoms with van der Waals surface area (Å²) in [5, 5.41) is 0. The van der Waals surface area contributed by atoms with Crippen molar-refractivity contribution in [2.75, 3.05) is 33.7 Å². The van der Waals surface area contributed by atoms with Crippen LogP contribution in [0.3, 0.4) is 0 Å². The van der Waals surface area contributed by atoms with Gasteiger partial charge in [0.15, 0.2) is 0 Å². The van der Waals surface area contributed by atoms with Crippen LogP contribution in [0.1, 0.15) is 64.2 Å². The molecule has 1 saturated carbocycles. The lowest BCUT2D eigenvalue weighted by molar-refractivity contribution is -0.133. The number of rotatable bonds is 6. The summed E-state index contributed by atoms with van der Waals surface area (Å²) in [5.74, 6) is 0.297. The number of piperidine rings is 1. The second-order valence-electron chi connectivity index (χ2n) is 7.68. The van der Waals surface area contributed by atoms with Crippen LogP contribution >= 0.6 is 0 Å². The van der Waals surface area contributed by atoms with Crippen LogP contribution in [0.2, 0.25) is 0 Å². The number of carbonyl (C=O) groups excluding carboxylic acids is 1. The number of carbonyl (C=O) groups is 1. The van der Waals surface area contributed by atoms with E-state index < -0.39 is 0 Å². The molecule has 0 aromatic rings. The normalized spacial score (nSPS) is 25.9. The summed E-state index contributed by atoms with van der Waals surface area (Å²) in [4.78, 5) is 17.0. The van der Waals surface area contributed by atoms with Crippen molar-refractivity contribution in [1.82, 2.24) is 9.80 Å². The molecule has 0 aromatic carbocycles. The Bertz CT molecular complexity index is 352. The van der Waals surface area contributed by atoms with E-state index in [9.17, 15) is 4.79 Å². The van der Waals surface area contributed by atoms with E-state index in [4.69, 9.17) is 5.73 Å². The maximum Gasteiger partial charge on any atom is 0.222 e. The zero-order valence-corrected chi connectivity index (χ0v) is 14.6. The molecule has 1 aliphatic heterocycles. The number of hydrogen-bond acceptors (Lipinski definition) is 3. The summed E-state index contributed by atoms with van der Waals surface area (Å²) in [6, 6.07) is 0.655. The summed E-state index contributed by atoms with van der Waals surface area (Å²) >= 11 is 0. The topological polar surface area (TPSA) is 49.6 Å². The van der Waals surface area contributed by atoms with E-state index in [0.29, 0.717) is 24.9 Å². The Morgan fingerprint density at radius 1 is 1.23 bits per heavy atom. The molecule has 1 saturated heterocycles. The van der Waals surface area contributed by atoms with Gasteiger partial charge in [-0.15, -0.1) is 0 Å². The average molecular weight is 309 g/mol. The molecule has 4 heteroatoms. The Balaban J connectivity index is 1.78. The zero-order chi connectivity index (χ0) is 16.0. The second kappa shape index (κ2) is 8.30. The maximum absolute atomic E-state index is 12.6. The number of nitrogens with two attached hydrogens (primary N) is 1. The van der Waals surface area contributed by atoms with Crippen LogP contribution in [0.25, 0.3) is 0 Å². The largest absolute Gasteiger partial charge is 0.346 e. The highest BCUT2D eigenvalue weighted by atomic mass is 16.2. The van der Waals surface area contributed by atoms with Gasteiger partial charge in [0.25, 0.3) is 0 Å². The first kappa shape index (κ1) is 17.7. The summed E-state index contributed by atoms with van der Waals surface area (Å²) in [6.07, 6.45) is 11.7. The van der Waals surface area contributed by atoms with Gasteiger partial charge in [-0.3, -0.25) is 4.79 Å². The Morgan fingerprint density at radius 3 is 2.59 bits per heavy atom. The number of hydrogen-bond donors (Lipinski definition) is 1. The molecular formula is C18H35N3O. The van der Waals surface area contributed by atoms with Crippen LogP contribution < -0.4 is 5.73 Å². The highest BCUT2D eigenvalue weighted by Gasteiger charge is 2.34. The minimum Gasteiger partial charge on any atom is -0.346 e. The van der Waals surface area contributed by atoms with Gasteiger partial charge < -0.3 is 15.5 Å². The van der Waals surface area contributed by atoms with E-state index in [0.717, 1.165) is 25.8 Å². The molecule has 2 rings (SSSR count). The molecule has 0 spiro atoms. The van der Waals surface area contributed by atoms with Crippen LogP contribution in [0.15, 0.2) is 0 Å². The lowest BCUT2D eigenvalue weighted by atomic mass is 9.71. The lowest BCUT2D eigenvalue weighted by Crippen LogP contribution is -2.42. The zero-order valence-electron chi connectivity index (χ0n) is 14.6. The molecule has 1 heterocycles. The monoisotopic (exact) mass is 309 g/mol. The first-order valence-electron chi connectivity index (χ1n) is 9.21. The summed E-state index contributed by atoms with van der Waals surface area (Å²) < 4.78 is 0. The first-order chi connectivity index (χ1) is 10.6. The molecule has 2 aliphatic rings. The standard InChI is InChI=1S/C18H35N3O/c1-20-12-7-4-8-16(20)9-13-21(2)17(22)14-18(15-19)10-5-3-6-11-18/h16H,3-15,19H2,1-2H3. The van der Waals surface area contributed by atoms with Crippen LogP contribution in [0, 0.1) is 5.41 Å². The van der Waals surface area contributed by atoms with E-state index in [-0.39, 0.29) is 5.41 Å². The Hall–Kier alpha value is -0.610. The van der Waals surface area contributed by atoms with Crippen molar-refractivity contribution in [3.05, 3.63) is 0 Å². The van der Waals surface area contributed by atoms with Crippen LogP contribution in [0.4, 0.5) is 0 Å². The maximum atomic E-state index is 12.6. The molecule has 1 aliphatic carbocycles. The fraction of sp³-hybridized carbons (Fsp3) is 0.944. The molecule has 1 atom stereocenters. The van der Waals surface area contributed by atoms with Crippen molar-refractivity contribution in [2.45, 2.75) is 70.3 Å². The predicted octanol–water partition coefficient (Wildman–Crippen LogP) is 2.62. The minimum atomic E-state index is 0.0885. The Kier molecular flexibility index (Phi) is 6.69. The number of amides is 1. The second-order valence-corrected chi connectivity index (χ2v) is 7.68. The molecule has 0 aromatic heterocycles. The molecule has 4 nitrogen and oxygen atoms in total. The fourth-order valence-electron chi connectivity index (χ4n) is 4.19. The highest BCUT2D eigenvalue weighted by Crippen LogP contribution is 2.38. The van der Waals surface area contributed by atoms with E-state index in [2.05, 4.69) is 11.9 Å². The number of likely N-dealkylation sites (tertiary alicyclic amines) is 1. The smallest absolute Gasteiger partial charge is 0.222 e. The molecular weight excluding hydrogens is 274 g/mol. The van der Waals surface area contributed by atoms with Gasteiger partial charge in [0.1, 0.15) is 0 Å². The van der Waals surface area contributed by atoms with Crippen LogP contribution in [-0.4, -0.2) is 55.5 Å². The third-order valence-corrected chi connectivity index (χ3v) is 6.02. The molecule has 0 bridgehead atoms. The van der Waals surface area contributed by atoms with Crippen LogP contribution in [0.5, 0.6) is 0 Å². The van der Waals surface area contributed by atoms with Gasteiger partial charge in [0, 0.05) is 26.1 Å². The van der Waals surface area contributed by atoms with Gasteiger partial charge in [-0.05, 0) is 57.7 Å². The molecule has 1 amide bonds. The lowest BCUT2D eigenvalue weighted by Gasteiger charge is -2.37. The first-order valence-corrected chi connectivity index (χ1v) is 9.21. The van der Waals surface area contributed by atoms with Crippen molar-refractivity contribution in [1.29, 1.82) is 0 Å². The summed E-state index contributed by atoms with van der Waals surface area (Å²) in [6.45, 7) is 2.76. The molecule has 2 fully saturated rings. The fourth-order valence-corrected chi connectivity index (χ4v) is 4.19. The van der Waals surface area contributed by atoms with Gasteiger partial charge in [-0.25, -0.2) is 0 Å². The van der Waals surface area contributed by atoms with Crippen molar-refractivity contribution in [3.8, 4) is 0 Å². The van der Waals surface area contributed by atoms with Gasteiger partial charge in [0.2, 0.25) is 5.91 Å². The van der Waals surface area contributed by atoms with Crippen molar-refractivity contribution >= 4 is 5.91 Å². The van der Waals surface area contributed by atoms with Gasteiger partial charge in [-0.1, -0.05) is 25.7 Å².